The third-order valence-corrected chi connectivity index (χ3v) is 5.28. The number of rotatable bonds is 4. The molecule has 8 heteroatoms. The van der Waals surface area contributed by atoms with Gasteiger partial charge in [0.15, 0.2) is 0 Å². The number of amides is 3. The fraction of sp³-hybridized carbons (Fsp3) is 0.348. The number of aromatic nitrogens is 1. The van der Waals surface area contributed by atoms with E-state index in [-0.39, 0.29) is 29.9 Å². The van der Waals surface area contributed by atoms with Crippen molar-refractivity contribution in [1.82, 2.24) is 20.7 Å². The van der Waals surface area contributed by atoms with Crippen LogP contribution in [0.1, 0.15) is 31.9 Å². The zero-order valence-corrected chi connectivity index (χ0v) is 18.2. The number of carbonyl (C=O) groups is 2. The van der Waals surface area contributed by atoms with Crippen molar-refractivity contribution >= 4 is 17.8 Å². The van der Waals surface area contributed by atoms with Crippen LogP contribution in [0.4, 0.5) is 10.6 Å². The molecule has 8 nitrogen and oxygen atoms in total. The fourth-order valence-corrected chi connectivity index (χ4v) is 3.47. The van der Waals surface area contributed by atoms with Crippen molar-refractivity contribution < 1.29 is 14.4 Å². The molecule has 0 spiro atoms. The molecule has 1 atom stereocenters. The molecule has 4 rings (SSSR count). The molecule has 3 heterocycles. The fourth-order valence-electron chi connectivity index (χ4n) is 3.47. The number of benzene rings is 1. The highest BCUT2D eigenvalue weighted by molar-refractivity contribution is 5.91. The number of nitrogens with zero attached hydrogens (tertiary/aromatic N) is 2. The van der Waals surface area contributed by atoms with Crippen LogP contribution >= 0.6 is 0 Å². The number of allylic oxidation sites excluding steroid dienone is 1. The van der Waals surface area contributed by atoms with Gasteiger partial charge in [-0.05, 0) is 23.3 Å². The minimum Gasteiger partial charge on any atom is -0.408 e. The summed E-state index contributed by atoms with van der Waals surface area (Å²) in [7, 11) is 1.81. The van der Waals surface area contributed by atoms with Crippen LogP contribution in [-0.4, -0.2) is 35.2 Å². The van der Waals surface area contributed by atoms with Crippen molar-refractivity contribution in [3.05, 3.63) is 59.5 Å². The van der Waals surface area contributed by atoms with E-state index in [9.17, 15) is 9.59 Å². The summed E-state index contributed by atoms with van der Waals surface area (Å²) in [6.45, 7) is 6.67. The normalized spacial score (nSPS) is 18.4. The van der Waals surface area contributed by atoms with Crippen molar-refractivity contribution in [2.24, 2.45) is 5.41 Å². The maximum atomic E-state index is 12.5. The minimum absolute atomic E-state index is 0.0723. The van der Waals surface area contributed by atoms with E-state index in [1.54, 1.807) is 11.3 Å². The summed E-state index contributed by atoms with van der Waals surface area (Å²) in [4.78, 5) is 34.0. The molecule has 2 aliphatic heterocycles. The first-order valence-electron chi connectivity index (χ1n) is 10.2. The third kappa shape index (κ3) is 4.69. The number of hydrogen-bond acceptors (Lipinski definition) is 5. The van der Waals surface area contributed by atoms with Gasteiger partial charge in [-0.1, -0.05) is 45.0 Å². The quantitative estimate of drug-likeness (QED) is 0.705. The molecule has 1 aromatic heterocycles. The molecule has 3 N–H and O–H groups in total. The molecule has 0 aliphatic carbocycles. The number of pyridine rings is 1. The molecule has 2 aromatic rings. The Morgan fingerprint density at radius 2 is 2.00 bits per heavy atom. The van der Waals surface area contributed by atoms with Gasteiger partial charge < -0.3 is 15.5 Å². The lowest BCUT2D eigenvalue weighted by molar-refractivity contribution is -0.134. The summed E-state index contributed by atoms with van der Waals surface area (Å²) in [5, 5.41) is 10.1. The number of fused-ring (bicyclic) bond motifs is 1. The van der Waals surface area contributed by atoms with Gasteiger partial charge in [0, 0.05) is 36.3 Å². The van der Waals surface area contributed by atoms with Crippen LogP contribution in [0.25, 0.3) is 11.1 Å². The average molecular weight is 422 g/mol. The number of urea groups is 1. The number of anilines is 1. The van der Waals surface area contributed by atoms with Crippen LogP contribution in [0.5, 0.6) is 0 Å². The van der Waals surface area contributed by atoms with Gasteiger partial charge in [-0.15, -0.1) is 5.06 Å². The van der Waals surface area contributed by atoms with Gasteiger partial charge in [0.2, 0.25) is 5.91 Å². The Bertz CT molecular complexity index is 1040. The molecule has 0 bridgehead atoms. The van der Waals surface area contributed by atoms with E-state index in [4.69, 9.17) is 4.84 Å². The number of hydrogen-bond donors (Lipinski definition) is 3. The predicted octanol–water partition coefficient (Wildman–Crippen LogP) is 3.18. The summed E-state index contributed by atoms with van der Waals surface area (Å²) >= 11 is 0. The lowest BCUT2D eigenvalue weighted by atomic mass is 9.93. The summed E-state index contributed by atoms with van der Waals surface area (Å²) in [6, 6.07) is 9.60. The second kappa shape index (κ2) is 8.03. The second-order valence-electron chi connectivity index (χ2n) is 8.84. The van der Waals surface area contributed by atoms with Crippen molar-refractivity contribution in [2.75, 3.05) is 12.4 Å². The Hall–Kier alpha value is -3.39. The van der Waals surface area contributed by atoms with Crippen molar-refractivity contribution in [1.29, 1.82) is 0 Å². The number of likely N-dealkylation sites (N-methyl/N-ethyl adjacent to an activating group) is 1. The van der Waals surface area contributed by atoms with Gasteiger partial charge in [-0.3, -0.25) is 10.1 Å². The van der Waals surface area contributed by atoms with E-state index in [0.29, 0.717) is 12.4 Å². The van der Waals surface area contributed by atoms with Crippen LogP contribution in [0.2, 0.25) is 0 Å². The largest absolute Gasteiger partial charge is 0.408 e. The van der Waals surface area contributed by atoms with Crippen molar-refractivity contribution in [2.45, 2.75) is 39.9 Å². The first-order valence-corrected chi connectivity index (χ1v) is 10.2. The van der Waals surface area contributed by atoms with Crippen LogP contribution in [0.15, 0.2) is 48.4 Å². The van der Waals surface area contributed by atoms with Gasteiger partial charge in [0.1, 0.15) is 17.7 Å². The minimum atomic E-state index is -0.281. The molecule has 0 saturated heterocycles. The smallest absolute Gasteiger partial charge is 0.320 e. The van der Waals surface area contributed by atoms with Gasteiger partial charge in [0.25, 0.3) is 0 Å². The third-order valence-electron chi connectivity index (χ3n) is 5.28. The van der Waals surface area contributed by atoms with Crippen LogP contribution in [0.3, 0.4) is 0 Å². The molecule has 0 fully saturated rings. The molecule has 3 amide bonds. The lowest BCUT2D eigenvalue weighted by Crippen LogP contribution is -2.42. The van der Waals surface area contributed by atoms with Gasteiger partial charge in [-0.2, -0.15) is 0 Å². The summed E-state index contributed by atoms with van der Waals surface area (Å²) in [6.07, 6.45) is 3.68. The zero-order chi connectivity index (χ0) is 22.2. The van der Waals surface area contributed by atoms with Gasteiger partial charge in [-0.25, -0.2) is 9.78 Å². The highest BCUT2D eigenvalue weighted by Crippen LogP contribution is 2.31. The Balaban J connectivity index is 1.39. The maximum absolute atomic E-state index is 12.5. The zero-order valence-electron chi connectivity index (χ0n) is 18.2. The molecule has 1 unspecified atom stereocenters. The Kier molecular flexibility index (Phi) is 5.41. The summed E-state index contributed by atoms with van der Waals surface area (Å²) in [5.41, 5.74) is 3.70. The van der Waals surface area contributed by atoms with E-state index in [0.717, 1.165) is 28.0 Å². The highest BCUT2D eigenvalue weighted by atomic mass is 16.7. The molecule has 162 valence electrons. The monoisotopic (exact) mass is 421 g/mol. The maximum Gasteiger partial charge on any atom is 0.320 e. The van der Waals surface area contributed by atoms with E-state index in [1.807, 2.05) is 43.5 Å². The highest BCUT2D eigenvalue weighted by Gasteiger charge is 2.31. The predicted molar refractivity (Wildman–Crippen MR) is 118 cm³/mol. The summed E-state index contributed by atoms with van der Waals surface area (Å²) < 4.78 is 0. The van der Waals surface area contributed by atoms with Crippen LogP contribution in [0, 0.1) is 5.41 Å². The molecule has 2 aliphatic rings. The van der Waals surface area contributed by atoms with Crippen LogP contribution in [-0.2, 0) is 22.6 Å². The topological polar surface area (TPSA) is 95.6 Å². The first kappa shape index (κ1) is 20.9. The molecular weight excluding hydrogens is 394 g/mol. The molecule has 1 aromatic carbocycles. The molecular formula is C23H27N5O3. The Labute approximate surface area is 181 Å². The van der Waals surface area contributed by atoms with E-state index < -0.39 is 0 Å². The molecule has 0 saturated carbocycles. The second-order valence-corrected chi connectivity index (χ2v) is 8.84. The van der Waals surface area contributed by atoms with E-state index in [2.05, 4.69) is 41.7 Å². The average Bonchev–Trinajstić information content (AvgIpc) is 3.09. The van der Waals surface area contributed by atoms with Crippen LogP contribution < -0.4 is 16.0 Å². The Morgan fingerprint density at radius 1 is 1.26 bits per heavy atom. The molecule has 0 radical (unpaired) electrons. The van der Waals surface area contributed by atoms with Gasteiger partial charge in [0.05, 0.1) is 6.42 Å². The number of carbonyl (C=O) groups excluding carboxylic acids is 2. The number of hydroxylamine groups is 2. The standard InChI is InChI=1S/C23H27N5O3/c1-23(2,3)18-11-19(28(4)31-18)26-20(29)9-14-5-7-15(8-6-14)16-10-17-13-25-22(30)27-21(17)24-12-16/h5-8,10-12,19H,9,13H2,1-4H3,(H,26,29)(H2,24,25,27,30). The lowest BCUT2D eigenvalue weighted by Gasteiger charge is -2.22. The Morgan fingerprint density at radius 3 is 2.68 bits per heavy atom. The number of nitrogens with one attached hydrogen (secondary N) is 3. The van der Waals surface area contributed by atoms with Crippen molar-refractivity contribution in [3.63, 3.8) is 0 Å². The van der Waals surface area contributed by atoms with E-state index in [1.165, 1.54) is 0 Å². The van der Waals surface area contributed by atoms with Crippen molar-refractivity contribution in [3.8, 4) is 11.1 Å². The van der Waals surface area contributed by atoms with Gasteiger partial charge >= 0.3 is 6.03 Å². The van der Waals surface area contributed by atoms with E-state index >= 15 is 0 Å². The molecule has 31 heavy (non-hydrogen) atoms. The SMILES string of the molecule is CN1OC(C(C)(C)C)=CC1NC(=O)Cc1ccc(-c2cnc3c(c2)CNC(=O)N3)cc1. The summed E-state index contributed by atoms with van der Waals surface area (Å²) in [5.74, 6) is 1.36. The first-order chi connectivity index (χ1) is 14.7.